The normalized spacial score (nSPS) is 24.5. The van der Waals surface area contributed by atoms with Crippen molar-refractivity contribution in [1.82, 2.24) is 10.2 Å². The number of nitrogens with zero attached hydrogens (tertiary/aromatic N) is 1. The molecule has 0 bridgehead atoms. The number of amides is 1. The summed E-state index contributed by atoms with van der Waals surface area (Å²) in [7, 11) is 1.92. The molecule has 0 aliphatic carbocycles. The van der Waals surface area contributed by atoms with Gasteiger partial charge in [-0.1, -0.05) is 44.2 Å². The van der Waals surface area contributed by atoms with E-state index in [1.54, 1.807) is 0 Å². The third-order valence-corrected chi connectivity index (χ3v) is 4.27. The van der Waals surface area contributed by atoms with E-state index in [-0.39, 0.29) is 11.5 Å². The van der Waals surface area contributed by atoms with Crippen LogP contribution in [-0.4, -0.2) is 30.9 Å². The van der Waals surface area contributed by atoms with Crippen LogP contribution in [0.1, 0.15) is 38.3 Å². The second-order valence-electron chi connectivity index (χ2n) is 5.14. The monoisotopic (exact) mass is 260 g/mol. The zero-order valence-electron chi connectivity index (χ0n) is 12.1. The average molecular weight is 260 g/mol. The van der Waals surface area contributed by atoms with Crippen molar-refractivity contribution in [2.24, 2.45) is 5.41 Å². The third kappa shape index (κ3) is 2.16. The molecule has 3 heteroatoms. The van der Waals surface area contributed by atoms with Crippen LogP contribution in [0.4, 0.5) is 0 Å². The highest BCUT2D eigenvalue weighted by molar-refractivity contribution is 5.90. The molecule has 0 saturated carbocycles. The van der Waals surface area contributed by atoms with Crippen LogP contribution in [0.3, 0.4) is 0 Å². The second kappa shape index (κ2) is 5.74. The molecule has 0 aromatic heterocycles. The Balaban J connectivity index is 0.000000637. The minimum atomic E-state index is -0.124. The van der Waals surface area contributed by atoms with Gasteiger partial charge in [0.1, 0.15) is 0 Å². The highest BCUT2D eigenvalue weighted by atomic mass is 16.2. The number of carbonyl (C=O) groups is 1. The fraction of sp³-hybridized carbons (Fsp3) is 0.562. The smallest absolute Gasteiger partial charge is 0.231 e. The quantitative estimate of drug-likeness (QED) is 0.787. The topological polar surface area (TPSA) is 32.3 Å². The highest BCUT2D eigenvalue weighted by Crippen LogP contribution is 2.54. The predicted molar refractivity (Wildman–Crippen MR) is 77.8 cm³/mol. The number of likely N-dealkylation sites (tertiary alicyclic amines) is 1. The van der Waals surface area contributed by atoms with Gasteiger partial charge < -0.3 is 10.2 Å². The van der Waals surface area contributed by atoms with E-state index < -0.39 is 0 Å². The van der Waals surface area contributed by atoms with Crippen molar-refractivity contribution in [3.05, 3.63) is 35.9 Å². The van der Waals surface area contributed by atoms with Crippen LogP contribution in [0, 0.1) is 5.41 Å². The lowest BCUT2D eigenvalue weighted by molar-refractivity contribution is -0.173. The van der Waals surface area contributed by atoms with Crippen molar-refractivity contribution in [2.45, 2.75) is 32.7 Å². The Labute approximate surface area is 116 Å². The van der Waals surface area contributed by atoms with Crippen molar-refractivity contribution >= 4 is 5.91 Å². The van der Waals surface area contributed by atoms with Crippen LogP contribution in [0.15, 0.2) is 30.3 Å². The number of nitrogens with one attached hydrogen (secondary N) is 1. The number of β-lactam (4-membered cyclic amide) rings is 1. The van der Waals surface area contributed by atoms with Gasteiger partial charge in [0.25, 0.3) is 0 Å². The fourth-order valence-electron chi connectivity index (χ4n) is 3.43. The zero-order valence-corrected chi connectivity index (χ0v) is 12.1. The first-order valence-corrected chi connectivity index (χ1v) is 7.29. The van der Waals surface area contributed by atoms with E-state index in [9.17, 15) is 4.79 Å². The number of hydrogen-bond acceptors (Lipinski definition) is 2. The minimum Gasteiger partial charge on any atom is -0.337 e. The lowest BCUT2D eigenvalue weighted by Gasteiger charge is -2.56. The summed E-state index contributed by atoms with van der Waals surface area (Å²) in [5, 5.41) is 3.34. The van der Waals surface area contributed by atoms with Crippen LogP contribution in [0.25, 0.3) is 0 Å². The first kappa shape index (κ1) is 14.1. The van der Waals surface area contributed by atoms with Gasteiger partial charge in [0, 0.05) is 7.05 Å². The summed E-state index contributed by atoms with van der Waals surface area (Å²) in [5.74, 6) is 0.327. The molecule has 2 saturated heterocycles. The van der Waals surface area contributed by atoms with Gasteiger partial charge in [-0.3, -0.25) is 4.79 Å². The predicted octanol–water partition coefficient (Wildman–Crippen LogP) is 2.60. The Hall–Kier alpha value is -1.35. The second-order valence-corrected chi connectivity index (χ2v) is 5.14. The molecule has 1 amide bonds. The van der Waals surface area contributed by atoms with Crippen LogP contribution >= 0.6 is 0 Å². The van der Waals surface area contributed by atoms with Crippen molar-refractivity contribution in [1.29, 1.82) is 0 Å². The summed E-state index contributed by atoms with van der Waals surface area (Å²) < 4.78 is 0. The minimum absolute atomic E-state index is 0.124. The van der Waals surface area contributed by atoms with Crippen LogP contribution < -0.4 is 5.32 Å². The van der Waals surface area contributed by atoms with E-state index in [1.165, 1.54) is 5.56 Å². The van der Waals surface area contributed by atoms with Crippen molar-refractivity contribution < 1.29 is 4.79 Å². The maximum atomic E-state index is 12.2. The van der Waals surface area contributed by atoms with Gasteiger partial charge in [-0.25, -0.2) is 0 Å². The van der Waals surface area contributed by atoms with Crippen molar-refractivity contribution in [3.63, 3.8) is 0 Å². The van der Waals surface area contributed by atoms with Crippen LogP contribution in [0.5, 0.6) is 0 Å². The Kier molecular flexibility index (Phi) is 4.25. The van der Waals surface area contributed by atoms with E-state index in [2.05, 4.69) is 29.6 Å². The lowest BCUT2D eigenvalue weighted by Crippen LogP contribution is -2.64. The fourth-order valence-corrected chi connectivity index (χ4v) is 3.43. The van der Waals surface area contributed by atoms with E-state index in [0.29, 0.717) is 5.91 Å². The van der Waals surface area contributed by atoms with E-state index in [4.69, 9.17) is 0 Å². The molecule has 3 rings (SSSR count). The summed E-state index contributed by atoms with van der Waals surface area (Å²) in [5.41, 5.74) is 1.15. The first-order valence-electron chi connectivity index (χ1n) is 7.29. The van der Waals surface area contributed by atoms with Gasteiger partial charge in [-0.2, -0.15) is 0 Å². The van der Waals surface area contributed by atoms with Gasteiger partial charge >= 0.3 is 0 Å². The lowest BCUT2D eigenvalue weighted by atomic mass is 9.63. The average Bonchev–Trinajstić information content (AvgIpc) is 2.51. The standard InChI is InChI=1S/C14H18N2O.C2H6/c1-16-12(11-5-3-2-4-6-11)14(13(16)17)7-9-15-10-8-14;1-2/h2-6,12,15H,7-10H2,1H3;1-2H3. The molecule has 1 unspecified atom stereocenters. The molecule has 3 nitrogen and oxygen atoms in total. The first-order chi connectivity index (χ1) is 9.26. The van der Waals surface area contributed by atoms with Crippen LogP contribution in [-0.2, 0) is 4.79 Å². The summed E-state index contributed by atoms with van der Waals surface area (Å²) in [6, 6.07) is 10.7. The van der Waals surface area contributed by atoms with E-state index >= 15 is 0 Å². The Morgan fingerprint density at radius 2 is 1.74 bits per heavy atom. The van der Waals surface area contributed by atoms with Crippen molar-refractivity contribution in [3.8, 4) is 0 Å². The maximum Gasteiger partial charge on any atom is 0.231 e. The van der Waals surface area contributed by atoms with E-state index in [1.807, 2.05) is 31.9 Å². The number of hydrogen-bond donors (Lipinski definition) is 1. The zero-order chi connectivity index (χ0) is 13.9. The SMILES string of the molecule is CC.CN1C(=O)C2(CCNCC2)C1c1ccccc1. The molecular weight excluding hydrogens is 236 g/mol. The maximum absolute atomic E-state index is 12.2. The van der Waals surface area contributed by atoms with Gasteiger partial charge in [0.15, 0.2) is 0 Å². The van der Waals surface area contributed by atoms with Crippen molar-refractivity contribution in [2.75, 3.05) is 20.1 Å². The molecule has 104 valence electrons. The third-order valence-electron chi connectivity index (χ3n) is 4.27. The number of benzene rings is 1. The molecule has 1 atom stereocenters. The molecule has 1 spiro atoms. The van der Waals surface area contributed by atoms with Gasteiger partial charge in [-0.15, -0.1) is 0 Å². The number of piperidine rings is 1. The summed E-state index contributed by atoms with van der Waals surface area (Å²) in [6.07, 6.45) is 1.94. The Morgan fingerprint density at radius 1 is 1.16 bits per heavy atom. The Bertz CT molecular complexity index is 424. The van der Waals surface area contributed by atoms with Crippen LogP contribution in [0.2, 0.25) is 0 Å². The Morgan fingerprint density at radius 3 is 2.32 bits per heavy atom. The molecule has 19 heavy (non-hydrogen) atoms. The molecule has 2 aliphatic rings. The molecule has 0 radical (unpaired) electrons. The molecule has 2 aliphatic heterocycles. The molecule has 1 aromatic carbocycles. The number of rotatable bonds is 1. The van der Waals surface area contributed by atoms with Gasteiger partial charge in [0.2, 0.25) is 5.91 Å². The summed E-state index contributed by atoms with van der Waals surface area (Å²) >= 11 is 0. The summed E-state index contributed by atoms with van der Waals surface area (Å²) in [4.78, 5) is 14.1. The van der Waals surface area contributed by atoms with Gasteiger partial charge in [0.05, 0.1) is 11.5 Å². The molecular formula is C16H24N2O. The van der Waals surface area contributed by atoms with E-state index in [0.717, 1.165) is 25.9 Å². The molecule has 1 aromatic rings. The number of carbonyl (C=O) groups excluding carboxylic acids is 1. The molecule has 1 N–H and O–H groups in total. The van der Waals surface area contributed by atoms with Gasteiger partial charge in [-0.05, 0) is 31.5 Å². The molecule has 2 heterocycles. The highest BCUT2D eigenvalue weighted by Gasteiger charge is 2.59. The largest absolute Gasteiger partial charge is 0.337 e. The molecule has 2 fully saturated rings. The summed E-state index contributed by atoms with van der Waals surface area (Å²) in [6.45, 7) is 5.92.